The van der Waals surface area contributed by atoms with Crippen LogP contribution in [0.4, 0.5) is 0 Å². The third-order valence-electron chi connectivity index (χ3n) is 16.1. The van der Waals surface area contributed by atoms with Gasteiger partial charge in [0.2, 0.25) is 0 Å². The molecule has 0 amide bonds. The van der Waals surface area contributed by atoms with Gasteiger partial charge >= 0.3 is 17.9 Å². The Morgan fingerprint density at radius 2 is 0.479 bits per heavy atom. The lowest BCUT2D eigenvalue weighted by atomic mass is 9.99. The van der Waals surface area contributed by atoms with Crippen molar-refractivity contribution in [2.75, 3.05) is 13.2 Å². The van der Waals surface area contributed by atoms with Gasteiger partial charge < -0.3 is 14.2 Å². The number of carbonyl (C=O) groups excluding carboxylic acids is 3. The Kier molecular flexibility index (Phi) is 56.8. The molecule has 0 fully saturated rings. The Bertz CT molecular complexity index is 1140. The maximum absolute atomic E-state index is 12.9. The van der Waals surface area contributed by atoms with Gasteiger partial charge in [0.1, 0.15) is 13.2 Å². The molecule has 0 rings (SSSR count). The molecular formula is C67H130O6. The molecule has 0 N–H and O–H groups in total. The Hall–Kier alpha value is -1.59. The molecule has 73 heavy (non-hydrogen) atoms. The molecule has 0 aromatic carbocycles. The van der Waals surface area contributed by atoms with Crippen molar-refractivity contribution in [3.63, 3.8) is 0 Å². The lowest BCUT2D eigenvalue weighted by molar-refractivity contribution is -0.167. The van der Waals surface area contributed by atoms with Crippen LogP contribution in [-0.2, 0) is 28.6 Å². The van der Waals surface area contributed by atoms with Crippen LogP contribution in [0.1, 0.15) is 375 Å². The third kappa shape index (κ3) is 57.9. The number of esters is 3. The van der Waals surface area contributed by atoms with Crippen LogP contribution in [0.2, 0.25) is 0 Å². The van der Waals surface area contributed by atoms with Gasteiger partial charge in [0, 0.05) is 19.3 Å². The van der Waals surface area contributed by atoms with Gasteiger partial charge in [-0.25, -0.2) is 0 Å². The zero-order valence-corrected chi connectivity index (χ0v) is 50.4. The Morgan fingerprint density at radius 3 is 0.712 bits per heavy atom. The van der Waals surface area contributed by atoms with E-state index in [-0.39, 0.29) is 31.1 Å². The summed E-state index contributed by atoms with van der Waals surface area (Å²) in [6, 6.07) is 0. The van der Waals surface area contributed by atoms with Gasteiger partial charge in [-0.1, -0.05) is 337 Å². The minimum absolute atomic E-state index is 0.0624. The monoisotopic (exact) mass is 1030 g/mol. The summed E-state index contributed by atoms with van der Waals surface area (Å²) in [6.45, 7) is 13.9. The van der Waals surface area contributed by atoms with Gasteiger partial charge in [0.25, 0.3) is 0 Å². The van der Waals surface area contributed by atoms with Gasteiger partial charge in [0.15, 0.2) is 6.10 Å². The summed E-state index contributed by atoms with van der Waals surface area (Å²) in [5, 5.41) is 0. The largest absolute Gasteiger partial charge is 0.462 e. The molecular weight excluding hydrogens is 901 g/mol. The molecule has 434 valence electrons. The highest BCUT2D eigenvalue weighted by Gasteiger charge is 2.20. The molecule has 0 heterocycles. The standard InChI is InChI=1S/C67H130O6/c1-7-62(5)54-48-42-36-30-24-17-13-11-9-10-12-14-19-26-32-38-44-50-56-65(68)71-59-64(73-67(70)58-52-46-40-34-28-22-21-23-29-35-41-47-53-61(3)4)60-72-66(69)57-51-45-39-33-27-20-16-15-18-25-31-37-43-49-55-63(6)8-2/h61-64H,7-60H2,1-6H3/t62?,63?,64-/m1/s1. The maximum Gasteiger partial charge on any atom is 0.306 e. The van der Waals surface area contributed by atoms with Crippen LogP contribution in [0.25, 0.3) is 0 Å². The van der Waals surface area contributed by atoms with Gasteiger partial charge in [0.05, 0.1) is 0 Å². The first kappa shape index (κ1) is 71.4. The predicted octanol–water partition coefficient (Wildman–Crippen LogP) is 22.2. The molecule has 0 aromatic heterocycles. The molecule has 0 saturated heterocycles. The highest BCUT2D eigenvalue weighted by Crippen LogP contribution is 2.20. The molecule has 0 aliphatic rings. The predicted molar refractivity (Wildman–Crippen MR) is 316 cm³/mol. The summed E-state index contributed by atoms with van der Waals surface area (Å²) in [5.41, 5.74) is 0. The number of ether oxygens (including phenoxy) is 3. The van der Waals surface area contributed by atoms with Gasteiger partial charge in [-0.3, -0.25) is 14.4 Å². The number of rotatable bonds is 60. The second kappa shape index (κ2) is 58.1. The van der Waals surface area contributed by atoms with Crippen molar-refractivity contribution in [2.24, 2.45) is 17.8 Å². The molecule has 3 atom stereocenters. The quantitative estimate of drug-likeness (QED) is 0.0343. The van der Waals surface area contributed by atoms with Gasteiger partial charge in [-0.2, -0.15) is 0 Å². The number of carbonyl (C=O) groups is 3. The van der Waals surface area contributed by atoms with Crippen molar-refractivity contribution in [1.29, 1.82) is 0 Å². The average Bonchev–Trinajstić information content (AvgIpc) is 3.38. The number of hydrogen-bond donors (Lipinski definition) is 0. The molecule has 6 heteroatoms. The smallest absolute Gasteiger partial charge is 0.306 e. The Balaban J connectivity index is 4.26. The van der Waals surface area contributed by atoms with E-state index in [1.165, 1.54) is 257 Å². The van der Waals surface area contributed by atoms with Crippen LogP contribution >= 0.6 is 0 Å². The molecule has 0 saturated carbocycles. The lowest BCUT2D eigenvalue weighted by Crippen LogP contribution is -2.30. The van der Waals surface area contributed by atoms with Crippen LogP contribution < -0.4 is 0 Å². The second-order valence-corrected chi connectivity index (χ2v) is 24.1. The van der Waals surface area contributed by atoms with Crippen LogP contribution in [0, 0.1) is 17.8 Å². The molecule has 0 radical (unpaired) electrons. The van der Waals surface area contributed by atoms with E-state index in [2.05, 4.69) is 41.5 Å². The van der Waals surface area contributed by atoms with E-state index < -0.39 is 6.10 Å². The van der Waals surface area contributed by atoms with E-state index >= 15 is 0 Å². The van der Waals surface area contributed by atoms with Crippen molar-refractivity contribution in [1.82, 2.24) is 0 Å². The average molecular weight is 1030 g/mol. The van der Waals surface area contributed by atoms with Crippen molar-refractivity contribution in [3.05, 3.63) is 0 Å². The van der Waals surface area contributed by atoms with Gasteiger partial charge in [-0.05, 0) is 37.0 Å². The highest BCUT2D eigenvalue weighted by atomic mass is 16.6. The Labute approximate surface area is 457 Å². The highest BCUT2D eigenvalue weighted by molar-refractivity contribution is 5.71. The van der Waals surface area contributed by atoms with Crippen molar-refractivity contribution in [3.8, 4) is 0 Å². The normalized spacial score (nSPS) is 12.9. The first-order valence-corrected chi connectivity index (χ1v) is 33.2. The van der Waals surface area contributed by atoms with E-state index in [0.717, 1.165) is 75.5 Å². The van der Waals surface area contributed by atoms with E-state index in [1.54, 1.807) is 0 Å². The van der Waals surface area contributed by atoms with Crippen LogP contribution in [-0.4, -0.2) is 37.2 Å². The zero-order chi connectivity index (χ0) is 53.3. The van der Waals surface area contributed by atoms with E-state index in [9.17, 15) is 14.4 Å². The fourth-order valence-electron chi connectivity index (χ4n) is 10.3. The minimum atomic E-state index is -0.765. The maximum atomic E-state index is 12.9. The zero-order valence-electron chi connectivity index (χ0n) is 50.4. The summed E-state index contributed by atoms with van der Waals surface area (Å²) in [4.78, 5) is 38.4. The first-order chi connectivity index (χ1) is 35.7. The topological polar surface area (TPSA) is 78.9 Å². The SMILES string of the molecule is CCC(C)CCCCCCCCCCCCCCCCCCCCC(=O)OC[C@H](COC(=O)CCCCCCCCCCCCCCCCC(C)CC)OC(=O)CCCCCCCCCCCCCCC(C)C. The van der Waals surface area contributed by atoms with Crippen LogP contribution in [0.15, 0.2) is 0 Å². The summed E-state index contributed by atoms with van der Waals surface area (Å²) in [5.74, 6) is 1.80. The lowest BCUT2D eigenvalue weighted by Gasteiger charge is -2.18. The van der Waals surface area contributed by atoms with E-state index in [0.29, 0.717) is 19.3 Å². The van der Waals surface area contributed by atoms with E-state index in [1.807, 2.05) is 0 Å². The number of unbranched alkanes of at least 4 members (excludes halogenated alkanes) is 41. The molecule has 2 unspecified atom stereocenters. The first-order valence-electron chi connectivity index (χ1n) is 33.2. The van der Waals surface area contributed by atoms with Crippen molar-refractivity contribution >= 4 is 17.9 Å². The number of hydrogen-bond acceptors (Lipinski definition) is 6. The summed E-state index contributed by atoms with van der Waals surface area (Å²) < 4.78 is 17.0. The second-order valence-electron chi connectivity index (χ2n) is 24.1. The van der Waals surface area contributed by atoms with Gasteiger partial charge in [-0.15, -0.1) is 0 Å². The molecule has 0 aromatic rings. The van der Waals surface area contributed by atoms with Crippen molar-refractivity contribution < 1.29 is 28.6 Å². The summed E-state index contributed by atoms with van der Waals surface area (Å²) in [6.07, 6.45) is 63.8. The molecule has 0 aliphatic heterocycles. The molecule has 0 spiro atoms. The fraction of sp³-hybridized carbons (Fsp3) is 0.955. The molecule has 6 nitrogen and oxygen atoms in total. The molecule has 0 aliphatic carbocycles. The third-order valence-corrected chi connectivity index (χ3v) is 16.1. The van der Waals surface area contributed by atoms with Crippen molar-refractivity contribution in [2.45, 2.75) is 382 Å². The molecule has 0 bridgehead atoms. The van der Waals surface area contributed by atoms with E-state index in [4.69, 9.17) is 14.2 Å². The summed E-state index contributed by atoms with van der Waals surface area (Å²) >= 11 is 0. The minimum Gasteiger partial charge on any atom is -0.462 e. The fourth-order valence-corrected chi connectivity index (χ4v) is 10.3. The Morgan fingerprint density at radius 1 is 0.274 bits per heavy atom. The summed E-state index contributed by atoms with van der Waals surface area (Å²) in [7, 11) is 0. The van der Waals surface area contributed by atoms with Crippen LogP contribution in [0.5, 0.6) is 0 Å². The van der Waals surface area contributed by atoms with Crippen LogP contribution in [0.3, 0.4) is 0 Å².